The van der Waals surface area contributed by atoms with Gasteiger partial charge < -0.3 is 9.13 Å². The number of fused-ring (bicyclic) bond motifs is 6. The van der Waals surface area contributed by atoms with Crippen LogP contribution in [0, 0.1) is 0 Å². The quantitative estimate of drug-likeness (QED) is 0.154. The number of benzene rings is 9. The lowest BCUT2D eigenvalue weighted by Crippen LogP contribution is -2.05. The van der Waals surface area contributed by atoms with Crippen LogP contribution >= 0.6 is 10.0 Å². The Morgan fingerprint density at radius 2 is 0.614 bits per heavy atom. The van der Waals surface area contributed by atoms with Crippen LogP contribution in [0.4, 0.5) is 0 Å². The Labute approximate surface area is 333 Å². The minimum Gasteiger partial charge on any atom is -0.309 e. The number of rotatable bonds is 7. The molecule has 2 nitrogen and oxygen atoms in total. The van der Waals surface area contributed by atoms with E-state index in [9.17, 15) is 0 Å². The van der Waals surface area contributed by atoms with E-state index >= 15 is 0 Å². The standard InChI is InChI=1S/C54H38N2S/c1-5-17-41(18-6-1)55-51-27-15-13-25-47(51)49-37-40(31-35-53(49)55)39-29-32-45(33-30-39)57(43-21-9-3-10-22-43,44-23-11-4-12-24-44)46-34-36-54-50(38-46)48-26-14-16-28-52(48)56(54)42-19-7-2-8-20-42/h1-38H. The third-order valence-electron chi connectivity index (χ3n) is 11.4. The van der Waals surface area contributed by atoms with Crippen LogP contribution in [0.25, 0.3) is 66.1 Å². The van der Waals surface area contributed by atoms with Gasteiger partial charge in [-0.25, -0.2) is 0 Å². The zero-order valence-corrected chi connectivity index (χ0v) is 32.1. The molecule has 0 amide bonds. The number of aromatic nitrogens is 2. The molecule has 11 aromatic rings. The average Bonchev–Trinajstić information content (AvgIpc) is 3.81. The van der Waals surface area contributed by atoms with Gasteiger partial charge in [-0.2, -0.15) is 0 Å². The Bertz CT molecular complexity index is 3160. The molecule has 0 bridgehead atoms. The minimum absolute atomic E-state index is 1.17. The first-order valence-electron chi connectivity index (χ1n) is 19.5. The number of hydrogen-bond acceptors (Lipinski definition) is 0. The Morgan fingerprint density at radius 3 is 1.14 bits per heavy atom. The highest BCUT2D eigenvalue weighted by molar-refractivity contribution is 8.34. The van der Waals surface area contributed by atoms with Crippen molar-refractivity contribution >= 4 is 53.6 Å². The first-order chi connectivity index (χ1) is 28.3. The second kappa shape index (κ2) is 13.6. The summed E-state index contributed by atoms with van der Waals surface area (Å²) in [5.41, 5.74) is 9.60. The summed E-state index contributed by atoms with van der Waals surface area (Å²) in [6.45, 7) is 0. The lowest BCUT2D eigenvalue weighted by Gasteiger charge is -2.42. The van der Waals surface area contributed by atoms with E-state index in [1.807, 2.05) is 0 Å². The summed E-state index contributed by atoms with van der Waals surface area (Å²) in [5, 5.41) is 5.03. The molecular formula is C54H38N2S. The van der Waals surface area contributed by atoms with E-state index < -0.39 is 10.0 Å². The van der Waals surface area contributed by atoms with Crippen LogP contribution in [-0.2, 0) is 0 Å². The van der Waals surface area contributed by atoms with Gasteiger partial charge in [-0.3, -0.25) is 0 Å². The predicted octanol–water partition coefficient (Wildman–Crippen LogP) is 14.9. The van der Waals surface area contributed by atoms with Crippen LogP contribution in [0.15, 0.2) is 250 Å². The Morgan fingerprint density at radius 1 is 0.246 bits per heavy atom. The summed E-state index contributed by atoms with van der Waals surface area (Å²) in [7, 11) is -1.93. The van der Waals surface area contributed by atoms with E-state index in [2.05, 4.69) is 240 Å². The van der Waals surface area contributed by atoms with Gasteiger partial charge in [0.15, 0.2) is 0 Å². The fourth-order valence-corrected chi connectivity index (χ4v) is 12.8. The molecule has 2 aromatic heterocycles. The van der Waals surface area contributed by atoms with Gasteiger partial charge in [-0.1, -0.05) is 127 Å². The van der Waals surface area contributed by atoms with Crippen LogP contribution < -0.4 is 0 Å². The van der Waals surface area contributed by atoms with Crippen molar-refractivity contribution in [2.24, 2.45) is 0 Å². The zero-order valence-electron chi connectivity index (χ0n) is 31.2. The Balaban J connectivity index is 1.12. The van der Waals surface area contributed by atoms with Crippen molar-refractivity contribution in [2.75, 3.05) is 0 Å². The molecule has 9 aromatic carbocycles. The van der Waals surface area contributed by atoms with E-state index in [1.165, 1.54) is 85.7 Å². The maximum Gasteiger partial charge on any atom is 0.0541 e. The second-order valence-corrected chi connectivity index (χ2v) is 17.7. The lowest BCUT2D eigenvalue weighted by molar-refractivity contribution is 1.18. The average molecular weight is 747 g/mol. The molecule has 0 aliphatic heterocycles. The summed E-state index contributed by atoms with van der Waals surface area (Å²) in [4.78, 5) is 5.23. The topological polar surface area (TPSA) is 9.86 Å². The molecule has 0 aliphatic rings. The van der Waals surface area contributed by atoms with Crippen molar-refractivity contribution in [3.63, 3.8) is 0 Å². The fourth-order valence-electron chi connectivity index (χ4n) is 8.92. The van der Waals surface area contributed by atoms with Gasteiger partial charge in [0.25, 0.3) is 0 Å². The zero-order chi connectivity index (χ0) is 37.8. The predicted molar refractivity (Wildman–Crippen MR) is 241 cm³/mol. The van der Waals surface area contributed by atoms with Crippen LogP contribution in [-0.4, -0.2) is 9.13 Å². The second-order valence-electron chi connectivity index (χ2n) is 14.5. The molecule has 2 heterocycles. The number of para-hydroxylation sites is 4. The highest BCUT2D eigenvalue weighted by Crippen LogP contribution is 2.73. The van der Waals surface area contributed by atoms with Gasteiger partial charge >= 0.3 is 0 Å². The van der Waals surface area contributed by atoms with Crippen molar-refractivity contribution < 1.29 is 0 Å². The third-order valence-corrected chi connectivity index (χ3v) is 15.3. The molecule has 57 heavy (non-hydrogen) atoms. The highest BCUT2D eigenvalue weighted by atomic mass is 32.3. The molecule has 0 saturated heterocycles. The normalized spacial score (nSPS) is 12.1. The largest absolute Gasteiger partial charge is 0.309 e. The SMILES string of the molecule is c1ccc(-n2c3ccccc3c3cc(-c4ccc(S(c5ccccc5)(c5ccccc5)c5ccc6c(c5)c5ccccc5n6-c5ccccc5)cc4)ccc32)cc1. The van der Waals surface area contributed by atoms with Gasteiger partial charge in [-0.05, 0) is 114 Å². The van der Waals surface area contributed by atoms with Crippen molar-refractivity contribution in [3.8, 4) is 22.5 Å². The molecule has 0 aliphatic carbocycles. The van der Waals surface area contributed by atoms with Gasteiger partial charge in [0.1, 0.15) is 0 Å². The van der Waals surface area contributed by atoms with Crippen LogP contribution in [0.1, 0.15) is 0 Å². The highest BCUT2D eigenvalue weighted by Gasteiger charge is 2.34. The molecule has 3 heteroatoms. The van der Waals surface area contributed by atoms with E-state index in [-0.39, 0.29) is 0 Å². The summed E-state index contributed by atoms with van der Waals surface area (Å²) in [6.07, 6.45) is 0. The van der Waals surface area contributed by atoms with Gasteiger partial charge in [0.05, 0.1) is 22.1 Å². The minimum atomic E-state index is -1.93. The van der Waals surface area contributed by atoms with Crippen LogP contribution in [0.3, 0.4) is 0 Å². The summed E-state index contributed by atoms with van der Waals surface area (Å²) >= 11 is 0. The van der Waals surface area contributed by atoms with Crippen molar-refractivity contribution in [3.05, 3.63) is 231 Å². The Hall–Kier alpha value is -7.07. The summed E-state index contributed by atoms with van der Waals surface area (Å²) in [5.74, 6) is 0. The molecule has 0 fully saturated rings. The van der Waals surface area contributed by atoms with E-state index in [0.717, 1.165) is 0 Å². The van der Waals surface area contributed by atoms with Gasteiger partial charge in [0.2, 0.25) is 0 Å². The first kappa shape index (κ1) is 33.3. The number of nitrogens with zero attached hydrogens (tertiary/aromatic N) is 2. The van der Waals surface area contributed by atoms with E-state index in [4.69, 9.17) is 0 Å². The molecule has 11 rings (SSSR count). The molecule has 270 valence electrons. The monoisotopic (exact) mass is 746 g/mol. The molecule has 0 radical (unpaired) electrons. The lowest BCUT2D eigenvalue weighted by atomic mass is 10.0. The molecular weight excluding hydrogens is 709 g/mol. The van der Waals surface area contributed by atoms with Crippen molar-refractivity contribution in [2.45, 2.75) is 19.6 Å². The van der Waals surface area contributed by atoms with Gasteiger partial charge in [0, 0.05) is 52.5 Å². The smallest absolute Gasteiger partial charge is 0.0541 e. The maximum atomic E-state index is 2.48. The fraction of sp³-hybridized carbons (Fsp3) is 0. The molecule has 0 spiro atoms. The van der Waals surface area contributed by atoms with Crippen molar-refractivity contribution in [1.82, 2.24) is 9.13 Å². The summed E-state index contributed by atoms with van der Waals surface area (Å²) < 4.78 is 4.78. The van der Waals surface area contributed by atoms with Gasteiger partial charge in [-0.15, -0.1) is 10.0 Å². The maximum absolute atomic E-state index is 2.48. The van der Waals surface area contributed by atoms with Crippen molar-refractivity contribution in [1.29, 1.82) is 0 Å². The molecule has 0 N–H and O–H groups in total. The third kappa shape index (κ3) is 5.28. The van der Waals surface area contributed by atoms with Crippen LogP contribution in [0.2, 0.25) is 0 Å². The van der Waals surface area contributed by atoms with Crippen LogP contribution in [0.5, 0.6) is 0 Å². The Kier molecular flexibility index (Phi) is 7.94. The molecule has 0 saturated carbocycles. The molecule has 0 atom stereocenters. The van der Waals surface area contributed by atoms with E-state index in [1.54, 1.807) is 0 Å². The molecule has 0 unspecified atom stereocenters. The van der Waals surface area contributed by atoms with E-state index in [0.29, 0.717) is 0 Å². The number of hydrogen-bond donors (Lipinski definition) is 0. The summed E-state index contributed by atoms with van der Waals surface area (Å²) in [6, 6.07) is 84.9. The first-order valence-corrected chi connectivity index (χ1v) is 21.1.